The third-order valence-electron chi connectivity index (χ3n) is 2.64. The Morgan fingerprint density at radius 2 is 2.06 bits per heavy atom. The van der Waals surface area contributed by atoms with E-state index < -0.39 is 11.6 Å². The molecule has 1 heterocycles. The van der Waals surface area contributed by atoms with Crippen LogP contribution in [0.5, 0.6) is 5.75 Å². The Kier molecular flexibility index (Phi) is 3.93. The molecule has 1 aromatic carbocycles. The van der Waals surface area contributed by atoms with E-state index >= 15 is 0 Å². The van der Waals surface area contributed by atoms with Crippen LogP contribution in [0.3, 0.4) is 0 Å². The van der Waals surface area contributed by atoms with E-state index in [1.807, 2.05) is 11.4 Å². The van der Waals surface area contributed by atoms with Crippen LogP contribution in [0, 0.1) is 11.6 Å². The molecule has 0 aliphatic rings. The van der Waals surface area contributed by atoms with Crippen LogP contribution in [-0.4, -0.2) is 7.11 Å². The van der Waals surface area contributed by atoms with Gasteiger partial charge >= 0.3 is 0 Å². The first-order chi connectivity index (χ1) is 8.60. The highest BCUT2D eigenvalue weighted by Gasteiger charge is 2.12. The highest BCUT2D eigenvalue weighted by atomic mass is 32.1. The lowest BCUT2D eigenvalue weighted by Gasteiger charge is -2.09. The SMILES string of the molecule is COc1csc(C(N)Cc2ccc(F)c(F)c2)c1. The molecule has 0 saturated carbocycles. The lowest BCUT2D eigenvalue weighted by molar-refractivity contribution is 0.416. The van der Waals surface area contributed by atoms with E-state index in [1.54, 1.807) is 13.2 Å². The molecule has 18 heavy (non-hydrogen) atoms. The van der Waals surface area contributed by atoms with Gasteiger partial charge in [-0.3, -0.25) is 0 Å². The molecule has 5 heteroatoms. The zero-order valence-corrected chi connectivity index (χ0v) is 10.6. The van der Waals surface area contributed by atoms with Crippen LogP contribution in [0.25, 0.3) is 0 Å². The van der Waals surface area contributed by atoms with Gasteiger partial charge in [0, 0.05) is 16.3 Å². The normalized spacial score (nSPS) is 12.4. The molecular weight excluding hydrogens is 256 g/mol. The second-order valence-electron chi connectivity index (χ2n) is 3.95. The van der Waals surface area contributed by atoms with Crippen LogP contribution >= 0.6 is 11.3 Å². The molecule has 0 saturated heterocycles. The predicted octanol–water partition coefficient (Wildman–Crippen LogP) is 3.28. The quantitative estimate of drug-likeness (QED) is 0.924. The fourth-order valence-corrected chi connectivity index (χ4v) is 2.52. The molecule has 2 rings (SSSR count). The average Bonchev–Trinajstić information content (AvgIpc) is 2.82. The van der Waals surface area contributed by atoms with E-state index in [0.717, 1.165) is 16.7 Å². The van der Waals surface area contributed by atoms with Crippen molar-refractivity contribution >= 4 is 11.3 Å². The summed E-state index contributed by atoms with van der Waals surface area (Å²) in [6.07, 6.45) is 0.459. The maximum absolute atomic E-state index is 13.1. The van der Waals surface area contributed by atoms with Crippen molar-refractivity contribution in [1.29, 1.82) is 0 Å². The van der Waals surface area contributed by atoms with E-state index in [4.69, 9.17) is 10.5 Å². The van der Waals surface area contributed by atoms with E-state index in [2.05, 4.69) is 0 Å². The Labute approximate surface area is 108 Å². The molecule has 0 aliphatic carbocycles. The fourth-order valence-electron chi connectivity index (χ4n) is 1.66. The molecule has 96 valence electrons. The summed E-state index contributed by atoms with van der Waals surface area (Å²) in [6, 6.07) is 5.45. The van der Waals surface area contributed by atoms with Crippen molar-refractivity contribution in [3.05, 3.63) is 51.7 Å². The molecule has 0 bridgehead atoms. The number of halogens is 2. The summed E-state index contributed by atoms with van der Waals surface area (Å²) < 4.78 is 30.9. The first-order valence-electron chi connectivity index (χ1n) is 5.42. The smallest absolute Gasteiger partial charge is 0.159 e. The molecule has 1 aromatic heterocycles. The number of benzene rings is 1. The number of ether oxygens (including phenoxy) is 1. The van der Waals surface area contributed by atoms with Crippen molar-refractivity contribution in [2.75, 3.05) is 7.11 Å². The largest absolute Gasteiger partial charge is 0.496 e. The molecule has 2 N–H and O–H groups in total. The molecule has 0 amide bonds. The van der Waals surface area contributed by atoms with Crippen LogP contribution in [-0.2, 0) is 6.42 Å². The monoisotopic (exact) mass is 269 g/mol. The van der Waals surface area contributed by atoms with Gasteiger partial charge in [0.25, 0.3) is 0 Å². The van der Waals surface area contributed by atoms with Gasteiger partial charge in [-0.25, -0.2) is 8.78 Å². The van der Waals surface area contributed by atoms with Crippen molar-refractivity contribution in [2.24, 2.45) is 5.73 Å². The number of thiophene rings is 1. The molecule has 2 nitrogen and oxygen atoms in total. The summed E-state index contributed by atoms with van der Waals surface area (Å²) in [5.41, 5.74) is 6.70. The van der Waals surface area contributed by atoms with Gasteiger partial charge in [-0.1, -0.05) is 6.07 Å². The topological polar surface area (TPSA) is 35.2 Å². The maximum Gasteiger partial charge on any atom is 0.159 e. The van der Waals surface area contributed by atoms with Gasteiger partial charge in [0.05, 0.1) is 7.11 Å². The van der Waals surface area contributed by atoms with Gasteiger partial charge < -0.3 is 10.5 Å². The van der Waals surface area contributed by atoms with Crippen LogP contribution in [0.1, 0.15) is 16.5 Å². The molecule has 0 radical (unpaired) electrons. The highest BCUT2D eigenvalue weighted by molar-refractivity contribution is 7.10. The number of nitrogens with two attached hydrogens (primary N) is 1. The minimum atomic E-state index is -0.844. The predicted molar refractivity (Wildman–Crippen MR) is 67.9 cm³/mol. The molecule has 0 fully saturated rings. The third-order valence-corrected chi connectivity index (χ3v) is 3.68. The van der Waals surface area contributed by atoms with Crippen molar-refractivity contribution < 1.29 is 13.5 Å². The number of hydrogen-bond acceptors (Lipinski definition) is 3. The van der Waals surface area contributed by atoms with Crippen LogP contribution in [0.2, 0.25) is 0 Å². The summed E-state index contributed by atoms with van der Waals surface area (Å²) in [6.45, 7) is 0. The number of rotatable bonds is 4. The first-order valence-corrected chi connectivity index (χ1v) is 6.30. The van der Waals surface area contributed by atoms with Crippen molar-refractivity contribution in [3.8, 4) is 5.75 Å². The van der Waals surface area contributed by atoms with E-state index in [1.165, 1.54) is 17.4 Å². The Hall–Kier alpha value is -1.46. The molecule has 1 unspecified atom stereocenters. The molecule has 1 atom stereocenters. The van der Waals surface area contributed by atoms with Crippen LogP contribution in [0.4, 0.5) is 8.78 Å². The summed E-state index contributed by atoms with van der Waals surface area (Å²) in [5, 5.41) is 1.86. The molecule has 0 spiro atoms. The van der Waals surface area contributed by atoms with Crippen molar-refractivity contribution in [2.45, 2.75) is 12.5 Å². The minimum absolute atomic E-state index is 0.247. The summed E-state index contributed by atoms with van der Waals surface area (Å²) in [7, 11) is 1.59. The fraction of sp³-hybridized carbons (Fsp3) is 0.231. The number of hydrogen-bond donors (Lipinski definition) is 1. The number of methoxy groups -OCH3 is 1. The lowest BCUT2D eigenvalue weighted by atomic mass is 10.1. The first kappa shape index (κ1) is 13.0. The second-order valence-corrected chi connectivity index (χ2v) is 4.89. The summed E-state index contributed by atoms with van der Waals surface area (Å²) in [5.74, 6) is -0.927. The Morgan fingerprint density at radius 3 is 2.67 bits per heavy atom. The van der Waals surface area contributed by atoms with E-state index in [0.29, 0.717) is 12.0 Å². The lowest BCUT2D eigenvalue weighted by Crippen LogP contribution is -2.12. The van der Waals surface area contributed by atoms with Gasteiger partial charge in [-0.05, 0) is 30.2 Å². The Bertz CT molecular complexity index is 542. The summed E-state index contributed by atoms with van der Waals surface area (Å²) in [4.78, 5) is 0.955. The van der Waals surface area contributed by atoms with E-state index in [-0.39, 0.29) is 6.04 Å². The van der Waals surface area contributed by atoms with Gasteiger partial charge in [-0.15, -0.1) is 11.3 Å². The van der Waals surface area contributed by atoms with Crippen molar-refractivity contribution in [3.63, 3.8) is 0 Å². The third kappa shape index (κ3) is 2.86. The van der Waals surface area contributed by atoms with E-state index in [9.17, 15) is 8.78 Å². The molecular formula is C13H13F2NOS. The zero-order valence-electron chi connectivity index (χ0n) is 9.82. The zero-order chi connectivity index (χ0) is 13.1. The average molecular weight is 269 g/mol. The standard InChI is InChI=1S/C13H13F2NOS/c1-17-9-6-13(18-7-9)12(16)5-8-2-3-10(14)11(15)4-8/h2-4,6-7,12H,5,16H2,1H3. The summed E-state index contributed by atoms with van der Waals surface area (Å²) >= 11 is 1.49. The van der Waals surface area contributed by atoms with Gasteiger partial charge in [0.15, 0.2) is 11.6 Å². The van der Waals surface area contributed by atoms with Gasteiger partial charge in [-0.2, -0.15) is 0 Å². The van der Waals surface area contributed by atoms with Gasteiger partial charge in [0.1, 0.15) is 5.75 Å². The Morgan fingerprint density at radius 1 is 1.28 bits per heavy atom. The Balaban J connectivity index is 2.10. The van der Waals surface area contributed by atoms with Crippen molar-refractivity contribution in [1.82, 2.24) is 0 Å². The van der Waals surface area contributed by atoms with Crippen LogP contribution < -0.4 is 10.5 Å². The second kappa shape index (κ2) is 5.46. The van der Waals surface area contributed by atoms with Crippen LogP contribution in [0.15, 0.2) is 29.6 Å². The maximum atomic E-state index is 13.1. The highest BCUT2D eigenvalue weighted by Crippen LogP contribution is 2.27. The van der Waals surface area contributed by atoms with Gasteiger partial charge in [0.2, 0.25) is 0 Å². The molecule has 0 aliphatic heterocycles. The molecule has 2 aromatic rings. The minimum Gasteiger partial charge on any atom is -0.496 e.